The van der Waals surface area contributed by atoms with Crippen LogP contribution < -0.4 is 4.72 Å². The van der Waals surface area contributed by atoms with E-state index in [2.05, 4.69) is 4.72 Å². The van der Waals surface area contributed by atoms with E-state index in [1.807, 2.05) is 20.8 Å². The Morgan fingerprint density at radius 1 is 1.21 bits per heavy atom. The van der Waals surface area contributed by atoms with Gasteiger partial charge in [-0.15, -0.1) is 0 Å². The van der Waals surface area contributed by atoms with Gasteiger partial charge in [-0.2, -0.15) is 0 Å². The monoisotopic (exact) mass is 219 g/mol. The second-order valence-electron chi connectivity index (χ2n) is 5.33. The summed E-state index contributed by atoms with van der Waals surface area (Å²) in [7, 11) is -3.04. The molecule has 0 amide bonds. The molecule has 1 rings (SSSR count). The molecule has 0 saturated heterocycles. The topological polar surface area (TPSA) is 46.2 Å². The maximum atomic E-state index is 11.8. The van der Waals surface area contributed by atoms with Gasteiger partial charge in [-0.05, 0) is 18.3 Å². The number of hydrogen-bond donors (Lipinski definition) is 1. The Morgan fingerprint density at radius 2 is 1.71 bits per heavy atom. The lowest BCUT2D eigenvalue weighted by molar-refractivity contribution is 0.406. The molecule has 1 fully saturated rings. The maximum Gasteiger partial charge on any atom is 0.214 e. The molecule has 0 atom stereocenters. The first-order valence-corrected chi connectivity index (χ1v) is 6.84. The summed E-state index contributed by atoms with van der Waals surface area (Å²) < 4.78 is 26.2. The molecule has 1 saturated carbocycles. The lowest BCUT2D eigenvalue weighted by atomic mass is 9.98. The van der Waals surface area contributed by atoms with E-state index in [-0.39, 0.29) is 10.7 Å². The highest BCUT2D eigenvalue weighted by molar-refractivity contribution is 7.90. The highest BCUT2D eigenvalue weighted by Crippen LogP contribution is 2.24. The predicted octanol–water partition coefficient (Wildman–Crippen LogP) is 1.89. The summed E-state index contributed by atoms with van der Waals surface area (Å²) in [6.07, 6.45) is 3.78. The van der Waals surface area contributed by atoms with Crippen LogP contribution in [-0.2, 0) is 10.0 Å². The van der Waals surface area contributed by atoms with Gasteiger partial charge in [0.2, 0.25) is 10.0 Å². The van der Waals surface area contributed by atoms with Crippen LogP contribution in [0.25, 0.3) is 0 Å². The molecule has 0 bridgehead atoms. The molecule has 1 aliphatic carbocycles. The normalized spacial score (nSPS) is 20.2. The molecular weight excluding hydrogens is 198 g/mol. The van der Waals surface area contributed by atoms with Gasteiger partial charge in [0.05, 0.1) is 5.25 Å². The van der Waals surface area contributed by atoms with Crippen molar-refractivity contribution in [3.63, 3.8) is 0 Å². The van der Waals surface area contributed by atoms with E-state index in [1.165, 1.54) is 0 Å². The Morgan fingerprint density at radius 3 is 2.14 bits per heavy atom. The van der Waals surface area contributed by atoms with Crippen molar-refractivity contribution in [1.82, 2.24) is 4.72 Å². The zero-order valence-electron chi connectivity index (χ0n) is 9.34. The van der Waals surface area contributed by atoms with Crippen LogP contribution in [0.1, 0.15) is 46.5 Å². The molecular formula is C10H21NO2S. The van der Waals surface area contributed by atoms with E-state index in [0.717, 1.165) is 25.7 Å². The third-order valence-electron chi connectivity index (χ3n) is 2.54. The molecule has 0 unspecified atom stereocenters. The van der Waals surface area contributed by atoms with E-state index >= 15 is 0 Å². The standard InChI is InChI=1S/C10H21NO2S/c1-10(2,3)8-11-14(12,13)9-6-4-5-7-9/h9,11H,4-8H2,1-3H3. The first kappa shape index (κ1) is 12.0. The van der Waals surface area contributed by atoms with Crippen molar-refractivity contribution in [2.75, 3.05) is 6.54 Å². The Kier molecular flexibility index (Phi) is 3.58. The molecule has 0 radical (unpaired) electrons. The Balaban J connectivity index is 2.50. The van der Waals surface area contributed by atoms with Crippen molar-refractivity contribution in [3.8, 4) is 0 Å². The molecule has 0 spiro atoms. The van der Waals surface area contributed by atoms with E-state index in [0.29, 0.717) is 6.54 Å². The van der Waals surface area contributed by atoms with E-state index in [9.17, 15) is 8.42 Å². The summed E-state index contributed by atoms with van der Waals surface area (Å²) in [6.45, 7) is 6.63. The molecule has 84 valence electrons. The SMILES string of the molecule is CC(C)(C)CNS(=O)(=O)C1CCCC1. The van der Waals surface area contributed by atoms with Crippen molar-refractivity contribution in [3.05, 3.63) is 0 Å². The van der Waals surface area contributed by atoms with Crippen LogP contribution in [-0.4, -0.2) is 20.2 Å². The van der Waals surface area contributed by atoms with Crippen LogP contribution in [0.3, 0.4) is 0 Å². The third-order valence-corrected chi connectivity index (χ3v) is 4.44. The Bertz CT molecular complexity index is 271. The number of nitrogens with one attached hydrogen (secondary N) is 1. The van der Waals surface area contributed by atoms with Crippen molar-refractivity contribution in [2.24, 2.45) is 5.41 Å². The predicted molar refractivity (Wildman–Crippen MR) is 58.6 cm³/mol. The third kappa shape index (κ3) is 3.58. The molecule has 4 heteroatoms. The smallest absolute Gasteiger partial charge is 0.214 e. The van der Waals surface area contributed by atoms with E-state index < -0.39 is 10.0 Å². The van der Waals surface area contributed by atoms with Gasteiger partial charge in [0, 0.05) is 6.54 Å². The summed E-state index contributed by atoms with van der Waals surface area (Å²) in [4.78, 5) is 0. The van der Waals surface area contributed by atoms with Gasteiger partial charge in [0.25, 0.3) is 0 Å². The fraction of sp³-hybridized carbons (Fsp3) is 1.00. The fourth-order valence-corrected chi connectivity index (χ4v) is 3.46. The van der Waals surface area contributed by atoms with Gasteiger partial charge in [0.1, 0.15) is 0 Å². The minimum Gasteiger partial charge on any atom is -0.214 e. The van der Waals surface area contributed by atoms with Crippen LogP contribution in [0.2, 0.25) is 0 Å². The fourth-order valence-electron chi connectivity index (χ4n) is 1.63. The molecule has 14 heavy (non-hydrogen) atoms. The Labute approximate surface area is 87.3 Å². The lowest BCUT2D eigenvalue weighted by Gasteiger charge is -2.20. The highest BCUT2D eigenvalue weighted by Gasteiger charge is 2.29. The van der Waals surface area contributed by atoms with Gasteiger partial charge >= 0.3 is 0 Å². The van der Waals surface area contributed by atoms with Crippen molar-refractivity contribution in [2.45, 2.75) is 51.7 Å². The Hall–Kier alpha value is -0.0900. The largest absolute Gasteiger partial charge is 0.214 e. The van der Waals surface area contributed by atoms with Crippen LogP contribution in [0.15, 0.2) is 0 Å². The highest BCUT2D eigenvalue weighted by atomic mass is 32.2. The van der Waals surface area contributed by atoms with Crippen LogP contribution in [0.5, 0.6) is 0 Å². The van der Waals surface area contributed by atoms with Gasteiger partial charge in [-0.1, -0.05) is 33.6 Å². The molecule has 1 aliphatic rings. The summed E-state index contributed by atoms with van der Waals surface area (Å²) in [5, 5.41) is -0.134. The summed E-state index contributed by atoms with van der Waals surface area (Å²) >= 11 is 0. The first-order chi connectivity index (χ1) is 6.31. The zero-order chi connectivity index (χ0) is 10.8. The average molecular weight is 219 g/mol. The zero-order valence-corrected chi connectivity index (χ0v) is 10.2. The first-order valence-electron chi connectivity index (χ1n) is 5.30. The second kappa shape index (κ2) is 4.19. The van der Waals surface area contributed by atoms with Gasteiger partial charge in [0.15, 0.2) is 0 Å². The van der Waals surface area contributed by atoms with Crippen molar-refractivity contribution < 1.29 is 8.42 Å². The molecule has 1 N–H and O–H groups in total. The molecule has 0 heterocycles. The molecule has 3 nitrogen and oxygen atoms in total. The summed E-state index contributed by atoms with van der Waals surface area (Å²) in [5.41, 5.74) is 0.0195. The maximum absolute atomic E-state index is 11.8. The number of rotatable bonds is 3. The lowest BCUT2D eigenvalue weighted by Crippen LogP contribution is -2.37. The van der Waals surface area contributed by atoms with Gasteiger partial charge in [-0.3, -0.25) is 0 Å². The number of sulfonamides is 1. The second-order valence-corrected chi connectivity index (χ2v) is 7.38. The van der Waals surface area contributed by atoms with Crippen molar-refractivity contribution >= 4 is 10.0 Å². The molecule has 0 aliphatic heterocycles. The molecule has 0 aromatic rings. The summed E-state index contributed by atoms with van der Waals surface area (Å²) in [5.74, 6) is 0. The van der Waals surface area contributed by atoms with Crippen molar-refractivity contribution in [1.29, 1.82) is 0 Å². The van der Waals surface area contributed by atoms with Gasteiger partial charge < -0.3 is 0 Å². The van der Waals surface area contributed by atoms with Crippen LogP contribution >= 0.6 is 0 Å². The van der Waals surface area contributed by atoms with Crippen LogP contribution in [0.4, 0.5) is 0 Å². The van der Waals surface area contributed by atoms with Gasteiger partial charge in [-0.25, -0.2) is 13.1 Å². The minimum atomic E-state index is -3.04. The summed E-state index contributed by atoms with van der Waals surface area (Å²) in [6, 6.07) is 0. The molecule has 0 aromatic carbocycles. The van der Waals surface area contributed by atoms with E-state index in [1.54, 1.807) is 0 Å². The molecule has 0 aromatic heterocycles. The average Bonchev–Trinajstić information content (AvgIpc) is 2.52. The minimum absolute atomic E-state index is 0.0195. The number of hydrogen-bond acceptors (Lipinski definition) is 2. The quantitative estimate of drug-likeness (QED) is 0.788. The van der Waals surface area contributed by atoms with E-state index in [4.69, 9.17) is 0 Å². The van der Waals surface area contributed by atoms with Crippen LogP contribution in [0, 0.1) is 5.41 Å².